The van der Waals surface area contributed by atoms with Crippen molar-refractivity contribution in [3.8, 4) is 5.75 Å². The van der Waals surface area contributed by atoms with Crippen LogP contribution in [0.4, 0.5) is 0 Å². The number of fused-ring (bicyclic) bond motifs is 1. The summed E-state index contributed by atoms with van der Waals surface area (Å²) in [5, 5.41) is 11.5. The average Bonchev–Trinajstić information content (AvgIpc) is 2.54. The molecule has 2 rings (SSSR count). The minimum atomic E-state index is -1.15. The fraction of sp³-hybridized carbons (Fsp3) is 0.278. The van der Waals surface area contributed by atoms with Gasteiger partial charge in [0.2, 0.25) is 5.91 Å². The smallest absolute Gasteiger partial charge is 0.340 e. The standard InChI is InChI=1S/C18H19NO6/c1-10(2)9-24-12-4-5-13-11(3)14(18(23)25-15(13)6-12)7-16(20)19-8-17(21)22/h4-6H,1,7-9H2,2-3H3,(H,19,20)(H,21,22). The lowest BCUT2D eigenvalue weighted by Crippen LogP contribution is -2.32. The van der Waals surface area contributed by atoms with E-state index in [0.717, 1.165) is 5.57 Å². The highest BCUT2D eigenvalue weighted by atomic mass is 16.5. The molecule has 132 valence electrons. The van der Waals surface area contributed by atoms with Crippen LogP contribution in [-0.2, 0) is 16.0 Å². The number of carbonyl (C=O) groups is 2. The number of rotatable bonds is 7. The van der Waals surface area contributed by atoms with Gasteiger partial charge in [0.05, 0.1) is 12.0 Å². The molecule has 1 amide bonds. The van der Waals surface area contributed by atoms with Crippen molar-refractivity contribution in [3.63, 3.8) is 0 Å². The SMILES string of the molecule is C=C(C)COc1ccc2c(C)c(CC(=O)NCC(=O)O)c(=O)oc2c1. The van der Waals surface area contributed by atoms with E-state index in [9.17, 15) is 14.4 Å². The van der Waals surface area contributed by atoms with Gasteiger partial charge in [0.15, 0.2) is 0 Å². The molecule has 1 heterocycles. The number of ether oxygens (including phenoxy) is 1. The average molecular weight is 345 g/mol. The monoisotopic (exact) mass is 345 g/mol. The number of hydrogen-bond donors (Lipinski definition) is 2. The second-order valence-corrected chi connectivity index (χ2v) is 5.74. The zero-order valence-corrected chi connectivity index (χ0v) is 14.0. The van der Waals surface area contributed by atoms with Crippen LogP contribution in [0.1, 0.15) is 18.1 Å². The van der Waals surface area contributed by atoms with Gasteiger partial charge in [0.25, 0.3) is 0 Å². The largest absolute Gasteiger partial charge is 0.489 e. The molecule has 0 radical (unpaired) electrons. The number of carboxylic acids is 1. The van der Waals surface area contributed by atoms with E-state index in [1.165, 1.54) is 0 Å². The summed E-state index contributed by atoms with van der Waals surface area (Å²) in [5.41, 5.74) is 1.40. The van der Waals surface area contributed by atoms with E-state index in [0.29, 0.717) is 28.9 Å². The molecule has 0 aliphatic carbocycles. The summed E-state index contributed by atoms with van der Waals surface area (Å²) in [6.07, 6.45) is -0.245. The Morgan fingerprint density at radius 1 is 1.36 bits per heavy atom. The molecule has 0 aliphatic heterocycles. The van der Waals surface area contributed by atoms with Crippen molar-refractivity contribution in [2.75, 3.05) is 13.2 Å². The zero-order valence-electron chi connectivity index (χ0n) is 14.0. The number of nitrogens with one attached hydrogen (secondary N) is 1. The third-order valence-electron chi connectivity index (χ3n) is 3.52. The van der Waals surface area contributed by atoms with Crippen LogP contribution in [0.5, 0.6) is 5.75 Å². The Bertz CT molecular complexity index is 896. The van der Waals surface area contributed by atoms with Gasteiger partial charge in [0.1, 0.15) is 24.5 Å². The highest BCUT2D eigenvalue weighted by Gasteiger charge is 2.15. The molecule has 7 heteroatoms. The van der Waals surface area contributed by atoms with Gasteiger partial charge in [-0.25, -0.2) is 4.79 Å². The van der Waals surface area contributed by atoms with Gasteiger partial charge in [-0.2, -0.15) is 0 Å². The Kier molecular flexibility index (Phi) is 5.59. The fourth-order valence-electron chi connectivity index (χ4n) is 2.27. The van der Waals surface area contributed by atoms with Gasteiger partial charge in [-0.3, -0.25) is 9.59 Å². The Hall–Kier alpha value is -3.09. The van der Waals surface area contributed by atoms with E-state index in [2.05, 4.69) is 11.9 Å². The molecule has 25 heavy (non-hydrogen) atoms. The molecular weight excluding hydrogens is 326 g/mol. The van der Waals surface area contributed by atoms with Gasteiger partial charge in [-0.15, -0.1) is 0 Å². The quantitative estimate of drug-likeness (QED) is 0.585. The van der Waals surface area contributed by atoms with Crippen molar-refractivity contribution in [1.82, 2.24) is 5.32 Å². The van der Waals surface area contributed by atoms with Gasteiger partial charge in [-0.05, 0) is 37.1 Å². The molecule has 0 spiro atoms. The third-order valence-corrected chi connectivity index (χ3v) is 3.52. The molecule has 0 fully saturated rings. The van der Waals surface area contributed by atoms with E-state index in [4.69, 9.17) is 14.3 Å². The Balaban J connectivity index is 2.30. The second-order valence-electron chi connectivity index (χ2n) is 5.74. The van der Waals surface area contributed by atoms with Crippen LogP contribution in [-0.4, -0.2) is 30.1 Å². The summed E-state index contributed by atoms with van der Waals surface area (Å²) < 4.78 is 10.8. The van der Waals surface area contributed by atoms with E-state index < -0.39 is 24.0 Å². The van der Waals surface area contributed by atoms with E-state index in [1.54, 1.807) is 25.1 Å². The lowest BCUT2D eigenvalue weighted by molar-refractivity contribution is -0.137. The van der Waals surface area contributed by atoms with Crippen LogP contribution >= 0.6 is 0 Å². The molecule has 2 N–H and O–H groups in total. The molecule has 1 aromatic carbocycles. The predicted octanol–water partition coefficient (Wildman–Crippen LogP) is 1.80. The first-order valence-electron chi connectivity index (χ1n) is 7.60. The van der Waals surface area contributed by atoms with Gasteiger partial charge >= 0.3 is 11.6 Å². The van der Waals surface area contributed by atoms with E-state index >= 15 is 0 Å². The van der Waals surface area contributed by atoms with Crippen molar-refractivity contribution in [3.05, 3.63) is 51.9 Å². The maximum absolute atomic E-state index is 12.2. The summed E-state index contributed by atoms with van der Waals surface area (Å²) in [4.78, 5) is 34.4. The topological polar surface area (TPSA) is 106 Å². The van der Waals surface area contributed by atoms with Crippen LogP contribution in [0.25, 0.3) is 11.0 Å². The van der Waals surface area contributed by atoms with Crippen molar-refractivity contribution in [1.29, 1.82) is 0 Å². The number of amides is 1. The summed E-state index contributed by atoms with van der Waals surface area (Å²) in [5.74, 6) is -1.17. The predicted molar refractivity (Wildman–Crippen MR) is 91.9 cm³/mol. The highest BCUT2D eigenvalue weighted by molar-refractivity contribution is 5.86. The van der Waals surface area contributed by atoms with Crippen LogP contribution in [0, 0.1) is 6.92 Å². The Morgan fingerprint density at radius 2 is 2.08 bits per heavy atom. The molecule has 0 aliphatic rings. The van der Waals surface area contributed by atoms with Crippen LogP contribution in [0.3, 0.4) is 0 Å². The third kappa shape index (κ3) is 4.69. The van der Waals surface area contributed by atoms with Gasteiger partial charge in [0, 0.05) is 11.5 Å². The Morgan fingerprint density at radius 3 is 2.72 bits per heavy atom. The molecular formula is C18H19NO6. The summed E-state index contributed by atoms with van der Waals surface area (Å²) in [6.45, 7) is 7.17. The molecule has 1 aromatic heterocycles. The van der Waals surface area contributed by atoms with E-state index in [-0.39, 0.29) is 12.0 Å². The number of carbonyl (C=O) groups excluding carboxylic acids is 1. The molecule has 7 nitrogen and oxygen atoms in total. The lowest BCUT2D eigenvalue weighted by atomic mass is 10.0. The molecule has 2 aromatic rings. The second kappa shape index (κ2) is 7.65. The van der Waals surface area contributed by atoms with Crippen molar-refractivity contribution < 1.29 is 23.8 Å². The maximum Gasteiger partial charge on any atom is 0.340 e. The van der Waals surface area contributed by atoms with Crippen LogP contribution < -0.4 is 15.7 Å². The zero-order chi connectivity index (χ0) is 18.6. The van der Waals surface area contributed by atoms with Crippen LogP contribution in [0.2, 0.25) is 0 Å². The normalized spacial score (nSPS) is 10.5. The molecule has 0 saturated carbocycles. The van der Waals surface area contributed by atoms with Crippen molar-refractivity contribution in [2.24, 2.45) is 0 Å². The van der Waals surface area contributed by atoms with E-state index in [1.807, 2.05) is 6.92 Å². The minimum Gasteiger partial charge on any atom is -0.489 e. The van der Waals surface area contributed by atoms with Crippen molar-refractivity contribution in [2.45, 2.75) is 20.3 Å². The van der Waals surface area contributed by atoms with Crippen molar-refractivity contribution >= 4 is 22.8 Å². The molecule has 0 atom stereocenters. The lowest BCUT2D eigenvalue weighted by Gasteiger charge is -2.10. The number of hydrogen-bond acceptors (Lipinski definition) is 5. The van der Waals surface area contributed by atoms with Crippen LogP contribution in [0.15, 0.2) is 39.6 Å². The summed E-state index contributed by atoms with van der Waals surface area (Å²) in [6, 6.07) is 5.10. The van der Waals surface area contributed by atoms with Gasteiger partial charge in [-0.1, -0.05) is 6.58 Å². The summed E-state index contributed by atoms with van der Waals surface area (Å²) >= 11 is 0. The first-order chi connectivity index (χ1) is 11.8. The minimum absolute atomic E-state index is 0.200. The molecule has 0 saturated heterocycles. The first kappa shape index (κ1) is 18.3. The molecule has 0 bridgehead atoms. The summed E-state index contributed by atoms with van der Waals surface area (Å²) in [7, 11) is 0. The number of aryl methyl sites for hydroxylation is 1. The molecule has 0 unspecified atom stereocenters. The first-order valence-corrected chi connectivity index (χ1v) is 7.60. The maximum atomic E-state index is 12.2. The number of carboxylic acid groups (broad SMARTS) is 1. The highest BCUT2D eigenvalue weighted by Crippen LogP contribution is 2.24. The number of aliphatic carboxylic acids is 1. The van der Waals surface area contributed by atoms with Gasteiger partial charge < -0.3 is 19.6 Å². The fourth-order valence-corrected chi connectivity index (χ4v) is 2.27. The number of benzene rings is 1. The Labute approximate surface area is 143 Å².